The van der Waals surface area contributed by atoms with Gasteiger partial charge < -0.3 is 15.2 Å². The van der Waals surface area contributed by atoms with Gasteiger partial charge in [0.15, 0.2) is 0 Å². The van der Waals surface area contributed by atoms with Gasteiger partial charge in [0.05, 0.1) is 18.6 Å². The van der Waals surface area contributed by atoms with E-state index < -0.39 is 0 Å². The quantitative estimate of drug-likeness (QED) is 0.889. The molecule has 2 N–H and O–H groups in total. The number of hydrogen-bond donors (Lipinski definition) is 2. The van der Waals surface area contributed by atoms with Gasteiger partial charge in [-0.05, 0) is 37.0 Å². The zero-order valence-corrected chi connectivity index (χ0v) is 14.0. The Bertz CT molecular complexity index is 747. The van der Waals surface area contributed by atoms with Crippen LogP contribution in [0, 0.1) is 5.82 Å². The Kier molecular flexibility index (Phi) is 5.11. The Balaban J connectivity index is 1.88. The fourth-order valence-corrected chi connectivity index (χ4v) is 3.42. The van der Waals surface area contributed by atoms with E-state index in [-0.39, 0.29) is 29.7 Å². The van der Waals surface area contributed by atoms with Crippen molar-refractivity contribution in [3.8, 4) is 0 Å². The molecule has 2 heterocycles. The lowest BCUT2D eigenvalue weighted by Gasteiger charge is -2.41. The molecule has 6 nitrogen and oxygen atoms in total. The standard InChI is InChI=1S/C18H21FN4O2/c1-12(24)22-15-6-3-7-23(18(25)16-10-20-11-21-16)17(15)9-13-4-2-5-14(19)8-13/h2,4-5,8,10-11,15,17H,3,6-7,9H2,1H3,(H,20,21)(H,22,24)/t15-,17-/m0/s1. The molecule has 7 heteroatoms. The third-order valence-electron chi connectivity index (χ3n) is 4.49. The Hall–Kier alpha value is -2.70. The Morgan fingerprint density at radius 3 is 2.96 bits per heavy atom. The number of halogens is 1. The van der Waals surface area contributed by atoms with E-state index in [0.29, 0.717) is 18.7 Å². The van der Waals surface area contributed by atoms with Crippen LogP contribution in [-0.2, 0) is 11.2 Å². The molecule has 0 spiro atoms. The summed E-state index contributed by atoms with van der Waals surface area (Å²) in [6.45, 7) is 2.06. The average Bonchev–Trinajstić information content (AvgIpc) is 3.10. The zero-order chi connectivity index (χ0) is 17.8. The molecule has 0 radical (unpaired) electrons. The van der Waals surface area contributed by atoms with Gasteiger partial charge >= 0.3 is 0 Å². The number of nitrogens with zero attached hydrogens (tertiary/aromatic N) is 2. The molecule has 2 amide bonds. The Morgan fingerprint density at radius 2 is 2.28 bits per heavy atom. The predicted molar refractivity (Wildman–Crippen MR) is 90.4 cm³/mol. The summed E-state index contributed by atoms with van der Waals surface area (Å²) < 4.78 is 13.5. The molecule has 25 heavy (non-hydrogen) atoms. The number of piperidine rings is 1. The first-order chi connectivity index (χ1) is 12.0. The number of carbonyl (C=O) groups is 2. The second-order valence-corrected chi connectivity index (χ2v) is 6.31. The summed E-state index contributed by atoms with van der Waals surface area (Å²) >= 11 is 0. The summed E-state index contributed by atoms with van der Waals surface area (Å²) in [6, 6.07) is 5.95. The Morgan fingerprint density at radius 1 is 1.44 bits per heavy atom. The van der Waals surface area contributed by atoms with E-state index in [1.807, 2.05) is 6.07 Å². The highest BCUT2D eigenvalue weighted by Gasteiger charge is 2.35. The van der Waals surface area contributed by atoms with E-state index in [9.17, 15) is 14.0 Å². The van der Waals surface area contributed by atoms with E-state index in [1.54, 1.807) is 11.0 Å². The Labute approximate surface area is 145 Å². The topological polar surface area (TPSA) is 78.1 Å². The summed E-state index contributed by atoms with van der Waals surface area (Å²) in [5.41, 5.74) is 1.21. The van der Waals surface area contributed by atoms with Crippen LogP contribution in [0.1, 0.15) is 35.8 Å². The summed E-state index contributed by atoms with van der Waals surface area (Å²) in [6.07, 6.45) is 5.01. The van der Waals surface area contributed by atoms with E-state index >= 15 is 0 Å². The number of nitrogens with one attached hydrogen (secondary N) is 2. The highest BCUT2D eigenvalue weighted by atomic mass is 19.1. The van der Waals surface area contributed by atoms with Crippen molar-refractivity contribution in [3.05, 3.63) is 53.9 Å². The first kappa shape index (κ1) is 17.1. The monoisotopic (exact) mass is 344 g/mol. The lowest BCUT2D eigenvalue weighted by atomic mass is 9.90. The molecule has 1 saturated heterocycles. The third kappa shape index (κ3) is 4.04. The molecule has 0 bridgehead atoms. The zero-order valence-electron chi connectivity index (χ0n) is 14.0. The molecule has 132 valence electrons. The molecule has 2 atom stereocenters. The lowest BCUT2D eigenvalue weighted by molar-refractivity contribution is -0.120. The van der Waals surface area contributed by atoms with Gasteiger partial charge in [-0.1, -0.05) is 12.1 Å². The lowest BCUT2D eigenvalue weighted by Crippen LogP contribution is -2.57. The molecule has 1 aliphatic rings. The first-order valence-electron chi connectivity index (χ1n) is 8.35. The van der Waals surface area contributed by atoms with E-state index in [1.165, 1.54) is 31.6 Å². The van der Waals surface area contributed by atoms with Crippen LogP contribution in [0.25, 0.3) is 0 Å². The van der Waals surface area contributed by atoms with Crippen molar-refractivity contribution >= 4 is 11.8 Å². The van der Waals surface area contributed by atoms with Crippen molar-refractivity contribution in [2.24, 2.45) is 0 Å². The summed E-state index contributed by atoms with van der Waals surface area (Å²) in [7, 11) is 0. The molecule has 2 aromatic rings. The number of rotatable bonds is 4. The molecular weight excluding hydrogens is 323 g/mol. The van der Waals surface area contributed by atoms with Crippen LogP contribution in [-0.4, -0.2) is 45.3 Å². The molecule has 1 aromatic heterocycles. The summed E-state index contributed by atoms with van der Waals surface area (Å²) in [5.74, 6) is -0.602. The van der Waals surface area contributed by atoms with Gasteiger partial charge in [-0.3, -0.25) is 9.59 Å². The first-order valence-corrected chi connectivity index (χ1v) is 8.35. The van der Waals surface area contributed by atoms with E-state index in [0.717, 1.165) is 18.4 Å². The van der Waals surface area contributed by atoms with Gasteiger partial charge in [0, 0.05) is 19.5 Å². The molecule has 1 aromatic carbocycles. The normalized spacial score (nSPS) is 20.3. The van der Waals surface area contributed by atoms with Crippen LogP contribution in [0.4, 0.5) is 4.39 Å². The van der Waals surface area contributed by atoms with Crippen molar-refractivity contribution in [3.63, 3.8) is 0 Å². The largest absolute Gasteiger partial charge is 0.352 e. The van der Waals surface area contributed by atoms with Crippen molar-refractivity contribution in [2.75, 3.05) is 6.54 Å². The predicted octanol–water partition coefficient (Wildman–Crippen LogP) is 1.90. The highest BCUT2D eigenvalue weighted by molar-refractivity contribution is 5.92. The molecule has 1 fully saturated rings. The van der Waals surface area contributed by atoms with Crippen LogP contribution >= 0.6 is 0 Å². The average molecular weight is 344 g/mol. The maximum Gasteiger partial charge on any atom is 0.272 e. The van der Waals surface area contributed by atoms with Gasteiger partial charge in [-0.15, -0.1) is 0 Å². The number of likely N-dealkylation sites (tertiary alicyclic amines) is 1. The van der Waals surface area contributed by atoms with Gasteiger partial charge in [-0.25, -0.2) is 9.37 Å². The fraction of sp³-hybridized carbons (Fsp3) is 0.389. The maximum atomic E-state index is 13.5. The van der Waals surface area contributed by atoms with Gasteiger partial charge in [0.1, 0.15) is 11.5 Å². The number of aromatic nitrogens is 2. The SMILES string of the molecule is CC(=O)N[C@H]1CCCN(C(=O)c2cnc[nH]2)[C@H]1Cc1cccc(F)c1. The number of imidazole rings is 1. The molecule has 1 aliphatic heterocycles. The second-order valence-electron chi connectivity index (χ2n) is 6.31. The number of benzene rings is 1. The molecule has 0 unspecified atom stereocenters. The summed E-state index contributed by atoms with van der Waals surface area (Å²) in [5, 5.41) is 2.94. The van der Waals surface area contributed by atoms with Gasteiger partial charge in [0.2, 0.25) is 5.91 Å². The van der Waals surface area contributed by atoms with Gasteiger partial charge in [0.25, 0.3) is 5.91 Å². The van der Waals surface area contributed by atoms with E-state index in [2.05, 4.69) is 15.3 Å². The number of aromatic amines is 1. The van der Waals surface area contributed by atoms with Crippen molar-refractivity contribution in [2.45, 2.75) is 38.3 Å². The highest BCUT2D eigenvalue weighted by Crippen LogP contribution is 2.23. The minimum Gasteiger partial charge on any atom is -0.352 e. The van der Waals surface area contributed by atoms with Crippen molar-refractivity contribution in [1.82, 2.24) is 20.2 Å². The molecular formula is C18H21FN4O2. The smallest absolute Gasteiger partial charge is 0.272 e. The fourth-order valence-electron chi connectivity index (χ4n) is 3.42. The third-order valence-corrected chi connectivity index (χ3v) is 4.49. The minimum absolute atomic E-state index is 0.134. The van der Waals surface area contributed by atoms with Crippen LogP contribution in [0.15, 0.2) is 36.8 Å². The van der Waals surface area contributed by atoms with Crippen molar-refractivity contribution in [1.29, 1.82) is 0 Å². The molecule has 3 rings (SSSR count). The van der Waals surface area contributed by atoms with Crippen LogP contribution in [0.3, 0.4) is 0 Å². The van der Waals surface area contributed by atoms with Crippen LogP contribution in [0.5, 0.6) is 0 Å². The number of H-pyrrole nitrogens is 1. The number of hydrogen-bond acceptors (Lipinski definition) is 3. The second kappa shape index (κ2) is 7.46. The number of carbonyl (C=O) groups excluding carboxylic acids is 2. The van der Waals surface area contributed by atoms with Crippen LogP contribution in [0.2, 0.25) is 0 Å². The van der Waals surface area contributed by atoms with E-state index in [4.69, 9.17) is 0 Å². The maximum absolute atomic E-state index is 13.5. The van der Waals surface area contributed by atoms with Gasteiger partial charge in [-0.2, -0.15) is 0 Å². The molecule has 0 saturated carbocycles. The summed E-state index contributed by atoms with van der Waals surface area (Å²) in [4.78, 5) is 32.9. The van der Waals surface area contributed by atoms with Crippen LogP contribution < -0.4 is 5.32 Å². The minimum atomic E-state index is -0.309. The molecule has 0 aliphatic carbocycles. The number of amides is 2. The van der Waals surface area contributed by atoms with Crippen molar-refractivity contribution < 1.29 is 14.0 Å².